The molecule has 0 radical (unpaired) electrons. The Morgan fingerprint density at radius 3 is 2.64 bits per heavy atom. The smallest absolute Gasteiger partial charge is 0.258 e. The van der Waals surface area contributed by atoms with Gasteiger partial charge in [-0.1, -0.05) is 6.07 Å². The van der Waals surface area contributed by atoms with Crippen LogP contribution in [-0.4, -0.2) is 19.9 Å². The van der Waals surface area contributed by atoms with Gasteiger partial charge >= 0.3 is 0 Å². The van der Waals surface area contributed by atoms with E-state index in [9.17, 15) is 18.5 Å². The van der Waals surface area contributed by atoms with Crippen LogP contribution in [0.15, 0.2) is 34.5 Å². The lowest BCUT2D eigenvalue weighted by atomic mass is 10.1. The summed E-state index contributed by atoms with van der Waals surface area (Å²) in [7, 11) is -3.77. The van der Waals surface area contributed by atoms with Crippen LogP contribution in [0.3, 0.4) is 0 Å². The van der Waals surface area contributed by atoms with Crippen molar-refractivity contribution in [1.82, 2.24) is 4.72 Å². The van der Waals surface area contributed by atoms with Crippen LogP contribution in [0.5, 0.6) is 0 Å². The summed E-state index contributed by atoms with van der Waals surface area (Å²) in [6.45, 7) is 3.56. The molecule has 0 bridgehead atoms. The predicted molar refractivity (Wildman–Crippen MR) is 85.8 cm³/mol. The summed E-state index contributed by atoms with van der Waals surface area (Å²) in [4.78, 5) is 11.4. The van der Waals surface area contributed by atoms with Crippen molar-refractivity contribution in [3.05, 3.63) is 55.8 Å². The minimum Gasteiger partial charge on any atom is -0.258 e. The molecule has 22 heavy (non-hydrogen) atoms. The molecule has 0 spiro atoms. The molecule has 0 fully saturated rings. The summed E-state index contributed by atoms with van der Waals surface area (Å²) >= 11 is 1.56. The molecule has 118 valence electrons. The zero-order valence-corrected chi connectivity index (χ0v) is 13.8. The van der Waals surface area contributed by atoms with E-state index in [4.69, 9.17) is 0 Å². The molecule has 8 heteroatoms. The van der Waals surface area contributed by atoms with Crippen molar-refractivity contribution in [1.29, 1.82) is 0 Å². The van der Waals surface area contributed by atoms with E-state index in [0.717, 1.165) is 10.9 Å². The van der Waals surface area contributed by atoms with Crippen LogP contribution in [0.1, 0.15) is 16.0 Å². The highest BCUT2D eigenvalue weighted by molar-refractivity contribution is 7.89. The first-order chi connectivity index (χ1) is 10.3. The summed E-state index contributed by atoms with van der Waals surface area (Å²) < 4.78 is 27.3. The van der Waals surface area contributed by atoms with Crippen LogP contribution in [0.2, 0.25) is 0 Å². The highest BCUT2D eigenvalue weighted by Gasteiger charge is 2.21. The Morgan fingerprint density at radius 1 is 1.32 bits per heavy atom. The second-order valence-electron chi connectivity index (χ2n) is 4.87. The van der Waals surface area contributed by atoms with Crippen molar-refractivity contribution in [3.8, 4) is 0 Å². The van der Waals surface area contributed by atoms with Crippen LogP contribution in [0, 0.1) is 24.0 Å². The fourth-order valence-electron chi connectivity index (χ4n) is 2.03. The van der Waals surface area contributed by atoms with Gasteiger partial charge in [0.05, 0.1) is 9.82 Å². The highest BCUT2D eigenvalue weighted by Crippen LogP contribution is 2.25. The standard InChI is InChI=1S/C14H16N2O4S2/c1-10-8-12(16(17)18)9-14(11(10)2)22(19,20)15-6-5-13-4-3-7-21-13/h3-4,7-9,15H,5-6H2,1-2H3. The van der Waals surface area contributed by atoms with Gasteiger partial charge in [-0.05, 0) is 42.8 Å². The summed E-state index contributed by atoms with van der Waals surface area (Å²) in [5.74, 6) is 0. The average Bonchev–Trinajstić information content (AvgIpc) is 2.94. The van der Waals surface area contributed by atoms with E-state index in [1.54, 1.807) is 25.2 Å². The summed E-state index contributed by atoms with van der Waals surface area (Å²) in [5, 5.41) is 12.8. The molecule has 0 unspecified atom stereocenters. The molecule has 1 aromatic carbocycles. The molecule has 0 amide bonds. The Bertz CT molecular complexity index is 783. The average molecular weight is 340 g/mol. The lowest BCUT2D eigenvalue weighted by Gasteiger charge is -2.11. The van der Waals surface area contributed by atoms with Gasteiger partial charge in [-0.15, -0.1) is 11.3 Å². The highest BCUT2D eigenvalue weighted by atomic mass is 32.2. The van der Waals surface area contributed by atoms with Crippen molar-refractivity contribution in [3.63, 3.8) is 0 Å². The monoisotopic (exact) mass is 340 g/mol. The topological polar surface area (TPSA) is 89.3 Å². The number of nitrogens with zero attached hydrogens (tertiary/aromatic N) is 1. The Labute approximate surface area is 133 Å². The zero-order chi connectivity index (χ0) is 16.3. The third-order valence-electron chi connectivity index (χ3n) is 3.35. The van der Waals surface area contributed by atoms with Gasteiger partial charge in [0, 0.05) is 23.6 Å². The number of nitro groups is 1. The zero-order valence-electron chi connectivity index (χ0n) is 12.2. The number of non-ortho nitro benzene ring substituents is 1. The normalized spacial score (nSPS) is 11.5. The lowest BCUT2D eigenvalue weighted by molar-refractivity contribution is -0.385. The van der Waals surface area contributed by atoms with Gasteiger partial charge in [0.15, 0.2) is 0 Å². The number of benzene rings is 1. The maximum Gasteiger partial charge on any atom is 0.271 e. The van der Waals surface area contributed by atoms with Gasteiger partial charge in [0.2, 0.25) is 10.0 Å². The molecule has 0 saturated heterocycles. The predicted octanol–water partition coefficient (Wildman–Crippen LogP) is 2.79. The number of hydrogen-bond donors (Lipinski definition) is 1. The molecule has 0 aliphatic carbocycles. The first-order valence-corrected chi connectivity index (χ1v) is 8.95. The van der Waals surface area contributed by atoms with E-state index in [1.165, 1.54) is 6.07 Å². The van der Waals surface area contributed by atoms with Gasteiger partial charge < -0.3 is 0 Å². The lowest BCUT2D eigenvalue weighted by Crippen LogP contribution is -2.26. The number of thiophene rings is 1. The molecule has 6 nitrogen and oxygen atoms in total. The summed E-state index contributed by atoms with van der Waals surface area (Å²) in [6.07, 6.45) is 0.587. The largest absolute Gasteiger partial charge is 0.271 e. The fourth-order valence-corrected chi connectivity index (χ4v) is 4.11. The maximum atomic E-state index is 12.4. The SMILES string of the molecule is Cc1cc([N+](=O)[O-])cc(S(=O)(=O)NCCc2cccs2)c1C. The molecule has 0 aliphatic rings. The number of nitrogens with one attached hydrogen (secondary N) is 1. The summed E-state index contributed by atoms with van der Waals surface area (Å²) in [6, 6.07) is 6.32. The van der Waals surface area contributed by atoms with Crippen LogP contribution in [0.4, 0.5) is 5.69 Å². The maximum absolute atomic E-state index is 12.4. The minimum absolute atomic E-state index is 0.0367. The molecule has 1 N–H and O–H groups in total. The quantitative estimate of drug-likeness (QED) is 0.647. The van der Waals surface area contributed by atoms with Crippen molar-refractivity contribution in [2.24, 2.45) is 0 Å². The van der Waals surface area contributed by atoms with Crippen LogP contribution < -0.4 is 4.72 Å². The molecule has 0 atom stereocenters. The van der Waals surface area contributed by atoms with E-state index in [2.05, 4.69) is 4.72 Å². The van der Waals surface area contributed by atoms with E-state index >= 15 is 0 Å². The van der Waals surface area contributed by atoms with Crippen LogP contribution in [0.25, 0.3) is 0 Å². The van der Waals surface area contributed by atoms with Crippen molar-refractivity contribution in [2.75, 3.05) is 6.54 Å². The third-order valence-corrected chi connectivity index (χ3v) is 5.87. The number of nitro benzene ring substituents is 1. The fraction of sp³-hybridized carbons (Fsp3) is 0.286. The molecule has 0 aliphatic heterocycles. The van der Waals surface area contributed by atoms with Crippen molar-refractivity contribution >= 4 is 27.0 Å². The first kappa shape index (κ1) is 16.6. The Kier molecular flexibility index (Phi) is 4.94. The number of aryl methyl sites for hydroxylation is 1. The van der Waals surface area contributed by atoms with Crippen molar-refractivity contribution in [2.45, 2.75) is 25.2 Å². The number of rotatable bonds is 6. The molecule has 2 rings (SSSR count). The Hall–Kier alpha value is -1.77. The third kappa shape index (κ3) is 3.70. The van der Waals surface area contributed by atoms with E-state index in [0.29, 0.717) is 17.5 Å². The molecule has 0 saturated carbocycles. The first-order valence-electron chi connectivity index (χ1n) is 6.59. The minimum atomic E-state index is -3.77. The number of hydrogen-bond acceptors (Lipinski definition) is 5. The van der Waals surface area contributed by atoms with Crippen LogP contribution in [-0.2, 0) is 16.4 Å². The van der Waals surface area contributed by atoms with Gasteiger partial charge in [-0.25, -0.2) is 13.1 Å². The van der Waals surface area contributed by atoms with E-state index in [1.807, 2.05) is 17.5 Å². The molecule has 1 heterocycles. The van der Waals surface area contributed by atoms with Gasteiger partial charge in [0.1, 0.15) is 0 Å². The Morgan fingerprint density at radius 2 is 2.05 bits per heavy atom. The summed E-state index contributed by atoms with van der Waals surface area (Å²) in [5.41, 5.74) is 0.879. The second kappa shape index (κ2) is 6.55. The Balaban J connectivity index is 2.23. The molecule has 1 aromatic heterocycles. The molecular formula is C14H16N2O4S2. The second-order valence-corrected chi connectivity index (χ2v) is 7.64. The van der Waals surface area contributed by atoms with Crippen molar-refractivity contribution < 1.29 is 13.3 Å². The van der Waals surface area contributed by atoms with Gasteiger partial charge in [0.25, 0.3) is 5.69 Å². The molecule has 2 aromatic rings. The van der Waals surface area contributed by atoms with Gasteiger partial charge in [-0.3, -0.25) is 10.1 Å². The van der Waals surface area contributed by atoms with E-state index in [-0.39, 0.29) is 17.1 Å². The number of sulfonamides is 1. The molecular weight excluding hydrogens is 324 g/mol. The van der Waals surface area contributed by atoms with E-state index < -0.39 is 14.9 Å². The van der Waals surface area contributed by atoms with Crippen LogP contribution >= 0.6 is 11.3 Å². The van der Waals surface area contributed by atoms with Gasteiger partial charge in [-0.2, -0.15) is 0 Å².